The topological polar surface area (TPSA) is 71.0 Å². The molecule has 2 heterocycles. The smallest absolute Gasteiger partial charge is 0.222 e. The van der Waals surface area contributed by atoms with Crippen molar-refractivity contribution in [1.29, 1.82) is 0 Å². The van der Waals surface area contributed by atoms with Crippen LogP contribution in [0.5, 0.6) is 5.75 Å². The standard InChI is InChI=1S/C21H30N2O4/c1-23(2)14-7-8-18-16(9-14)17-10-15(26-19(12-24)21(17)27-18)11-20(25)22-13-5-3-4-6-13/h7-9,13,15,17,19,21,24H,3-6,10-12H2,1-2H3,(H,22,25)/t15-,17-,19+,21+/m1/s1. The van der Waals surface area contributed by atoms with Gasteiger partial charge in [-0.25, -0.2) is 0 Å². The first-order valence-electron chi connectivity index (χ1n) is 10.1. The van der Waals surface area contributed by atoms with Crippen molar-refractivity contribution in [1.82, 2.24) is 5.32 Å². The third kappa shape index (κ3) is 3.78. The van der Waals surface area contributed by atoms with Gasteiger partial charge in [0.25, 0.3) is 0 Å². The van der Waals surface area contributed by atoms with Crippen molar-refractivity contribution in [2.45, 2.75) is 68.8 Å². The lowest BCUT2D eigenvalue weighted by Gasteiger charge is -2.37. The number of hydrogen-bond acceptors (Lipinski definition) is 5. The number of hydrogen-bond donors (Lipinski definition) is 2. The largest absolute Gasteiger partial charge is 0.487 e. The lowest BCUT2D eigenvalue weighted by atomic mass is 9.84. The third-order valence-electron chi connectivity index (χ3n) is 6.13. The molecule has 0 bridgehead atoms. The molecule has 4 rings (SSSR count). The molecular weight excluding hydrogens is 344 g/mol. The van der Waals surface area contributed by atoms with Gasteiger partial charge in [0, 0.05) is 37.3 Å². The van der Waals surface area contributed by atoms with Crippen LogP contribution in [0.2, 0.25) is 0 Å². The van der Waals surface area contributed by atoms with Crippen LogP contribution in [0.3, 0.4) is 0 Å². The first-order chi connectivity index (χ1) is 13.0. The van der Waals surface area contributed by atoms with E-state index in [1.54, 1.807) is 0 Å². The van der Waals surface area contributed by atoms with Crippen LogP contribution in [-0.4, -0.2) is 56.1 Å². The van der Waals surface area contributed by atoms with E-state index in [1.807, 2.05) is 26.2 Å². The summed E-state index contributed by atoms with van der Waals surface area (Å²) in [6, 6.07) is 6.52. The number of nitrogens with one attached hydrogen (secondary N) is 1. The van der Waals surface area contributed by atoms with Gasteiger partial charge in [-0.3, -0.25) is 4.79 Å². The molecule has 2 aliphatic heterocycles. The number of anilines is 1. The van der Waals surface area contributed by atoms with Crippen LogP contribution < -0.4 is 15.0 Å². The highest BCUT2D eigenvalue weighted by Gasteiger charge is 2.46. The number of aliphatic hydroxyl groups excluding tert-OH is 1. The normalized spacial score (nSPS) is 29.7. The molecule has 1 aromatic rings. The molecule has 1 saturated heterocycles. The van der Waals surface area contributed by atoms with Gasteiger partial charge in [0.05, 0.1) is 19.1 Å². The predicted octanol–water partition coefficient (Wildman–Crippen LogP) is 2.20. The van der Waals surface area contributed by atoms with Gasteiger partial charge in [-0.1, -0.05) is 12.8 Å². The number of aliphatic hydroxyl groups is 1. The molecule has 1 aliphatic carbocycles. The SMILES string of the molecule is CN(C)c1ccc2c(c1)[C@H]1C[C@H](CC(=O)NC3CCCC3)O[C@@H](CO)[C@H]1O2. The second-order valence-corrected chi connectivity index (χ2v) is 8.27. The zero-order valence-electron chi connectivity index (χ0n) is 16.2. The summed E-state index contributed by atoms with van der Waals surface area (Å²) in [7, 11) is 4.04. The van der Waals surface area contributed by atoms with E-state index in [0.29, 0.717) is 12.5 Å². The Morgan fingerprint density at radius 1 is 1.30 bits per heavy atom. The Balaban J connectivity index is 1.47. The summed E-state index contributed by atoms with van der Waals surface area (Å²) in [4.78, 5) is 14.5. The fraction of sp³-hybridized carbons (Fsp3) is 0.667. The molecule has 1 amide bonds. The van der Waals surface area contributed by atoms with Crippen LogP contribution in [0.15, 0.2) is 18.2 Å². The first-order valence-corrected chi connectivity index (χ1v) is 10.1. The Kier molecular flexibility index (Phi) is 5.28. The van der Waals surface area contributed by atoms with E-state index >= 15 is 0 Å². The zero-order valence-corrected chi connectivity index (χ0v) is 16.2. The Labute approximate surface area is 160 Å². The van der Waals surface area contributed by atoms with Gasteiger partial charge in [0.2, 0.25) is 5.91 Å². The van der Waals surface area contributed by atoms with E-state index in [0.717, 1.165) is 36.3 Å². The fourth-order valence-electron chi connectivity index (χ4n) is 4.72. The van der Waals surface area contributed by atoms with E-state index in [9.17, 15) is 9.90 Å². The monoisotopic (exact) mass is 374 g/mol. The van der Waals surface area contributed by atoms with Gasteiger partial charge in [0.1, 0.15) is 18.0 Å². The minimum Gasteiger partial charge on any atom is -0.487 e. The van der Waals surface area contributed by atoms with E-state index < -0.39 is 6.10 Å². The molecule has 2 N–H and O–H groups in total. The number of ether oxygens (including phenoxy) is 2. The molecule has 3 aliphatic rings. The lowest BCUT2D eigenvalue weighted by Crippen LogP contribution is -2.47. The molecule has 148 valence electrons. The number of carbonyl (C=O) groups excluding carboxylic acids is 1. The first kappa shape index (κ1) is 18.6. The van der Waals surface area contributed by atoms with Gasteiger partial charge in [0.15, 0.2) is 0 Å². The van der Waals surface area contributed by atoms with Crippen LogP contribution in [0.1, 0.15) is 50.0 Å². The van der Waals surface area contributed by atoms with Crippen molar-refractivity contribution < 1.29 is 19.4 Å². The summed E-state index contributed by atoms with van der Waals surface area (Å²) in [5.74, 6) is 1.08. The third-order valence-corrected chi connectivity index (χ3v) is 6.13. The van der Waals surface area contributed by atoms with Gasteiger partial charge in [-0.15, -0.1) is 0 Å². The molecule has 0 aromatic heterocycles. The number of carbonyl (C=O) groups is 1. The number of rotatable bonds is 5. The number of nitrogens with zero attached hydrogens (tertiary/aromatic N) is 1. The van der Waals surface area contributed by atoms with Crippen molar-refractivity contribution in [3.8, 4) is 5.75 Å². The molecule has 0 spiro atoms. The highest BCUT2D eigenvalue weighted by atomic mass is 16.6. The van der Waals surface area contributed by atoms with Crippen molar-refractivity contribution in [2.24, 2.45) is 0 Å². The summed E-state index contributed by atoms with van der Waals surface area (Å²) >= 11 is 0. The molecule has 27 heavy (non-hydrogen) atoms. The maximum atomic E-state index is 12.5. The van der Waals surface area contributed by atoms with Crippen LogP contribution in [-0.2, 0) is 9.53 Å². The molecule has 0 unspecified atom stereocenters. The van der Waals surface area contributed by atoms with E-state index in [2.05, 4.69) is 16.3 Å². The summed E-state index contributed by atoms with van der Waals surface area (Å²) in [6.45, 7) is -0.101. The maximum Gasteiger partial charge on any atom is 0.222 e. The molecule has 1 aromatic carbocycles. The Bertz CT molecular complexity index is 687. The van der Waals surface area contributed by atoms with Crippen molar-refractivity contribution in [3.63, 3.8) is 0 Å². The van der Waals surface area contributed by atoms with Crippen LogP contribution in [0.4, 0.5) is 5.69 Å². The number of benzene rings is 1. The average molecular weight is 374 g/mol. The van der Waals surface area contributed by atoms with Crippen molar-refractivity contribution in [2.75, 3.05) is 25.6 Å². The average Bonchev–Trinajstić information content (AvgIpc) is 3.28. The predicted molar refractivity (Wildman–Crippen MR) is 103 cm³/mol. The van der Waals surface area contributed by atoms with Crippen molar-refractivity contribution in [3.05, 3.63) is 23.8 Å². The van der Waals surface area contributed by atoms with E-state index in [4.69, 9.17) is 9.47 Å². The Morgan fingerprint density at radius 2 is 2.07 bits per heavy atom. The van der Waals surface area contributed by atoms with Crippen LogP contribution in [0.25, 0.3) is 0 Å². The van der Waals surface area contributed by atoms with E-state index in [-0.39, 0.29) is 30.6 Å². The van der Waals surface area contributed by atoms with Crippen molar-refractivity contribution >= 4 is 11.6 Å². The number of amides is 1. The van der Waals surface area contributed by atoms with E-state index in [1.165, 1.54) is 12.8 Å². The molecule has 6 heteroatoms. The summed E-state index contributed by atoms with van der Waals surface area (Å²) < 4.78 is 12.2. The van der Waals surface area contributed by atoms with Gasteiger partial charge >= 0.3 is 0 Å². The number of fused-ring (bicyclic) bond motifs is 3. The second kappa shape index (κ2) is 7.68. The highest BCUT2D eigenvalue weighted by Crippen LogP contribution is 2.47. The van der Waals surface area contributed by atoms with Gasteiger partial charge in [-0.2, -0.15) is 0 Å². The minimum absolute atomic E-state index is 0.0585. The Morgan fingerprint density at radius 3 is 2.78 bits per heavy atom. The van der Waals surface area contributed by atoms with Gasteiger partial charge in [-0.05, 0) is 37.5 Å². The molecule has 4 atom stereocenters. The quantitative estimate of drug-likeness (QED) is 0.827. The minimum atomic E-state index is -0.400. The summed E-state index contributed by atoms with van der Waals surface area (Å²) in [6.07, 6.45) is 4.86. The lowest BCUT2D eigenvalue weighted by molar-refractivity contribution is -0.142. The highest BCUT2D eigenvalue weighted by molar-refractivity contribution is 5.76. The van der Waals surface area contributed by atoms with Crippen LogP contribution >= 0.6 is 0 Å². The molecular formula is C21H30N2O4. The Hall–Kier alpha value is -1.79. The molecule has 1 saturated carbocycles. The summed E-state index contributed by atoms with van der Waals surface area (Å²) in [5.41, 5.74) is 2.29. The fourth-order valence-corrected chi connectivity index (χ4v) is 4.72. The van der Waals surface area contributed by atoms with Gasteiger partial charge < -0.3 is 24.8 Å². The zero-order chi connectivity index (χ0) is 19.0. The molecule has 6 nitrogen and oxygen atoms in total. The molecule has 0 radical (unpaired) electrons. The summed E-state index contributed by atoms with van der Waals surface area (Å²) in [5, 5.41) is 13.0. The second-order valence-electron chi connectivity index (χ2n) is 8.27. The van der Waals surface area contributed by atoms with Crippen LogP contribution in [0, 0.1) is 0 Å². The maximum absolute atomic E-state index is 12.5. The molecule has 2 fully saturated rings.